The van der Waals surface area contributed by atoms with Gasteiger partial charge in [-0.15, -0.1) is 11.8 Å². The second-order valence-corrected chi connectivity index (χ2v) is 8.64. The molecule has 1 heterocycles. The molecule has 0 aliphatic heterocycles. The van der Waals surface area contributed by atoms with Crippen LogP contribution in [0.15, 0.2) is 66.1 Å². The fraction of sp³-hybridized carbons (Fsp3) is 0.304. The number of carbonyl (C=O) groups excluding carboxylic acids is 1. The van der Waals surface area contributed by atoms with Gasteiger partial charge in [-0.05, 0) is 48.2 Å². The quantitative estimate of drug-likeness (QED) is 0.487. The third-order valence-electron chi connectivity index (χ3n) is 4.83. The zero-order valence-corrected chi connectivity index (χ0v) is 18.0. The lowest BCUT2D eigenvalue weighted by Crippen LogP contribution is -2.29. The number of benzene rings is 2. The third kappa shape index (κ3) is 6.12. The van der Waals surface area contributed by atoms with Crippen molar-refractivity contribution in [3.63, 3.8) is 0 Å². The second-order valence-electron chi connectivity index (χ2n) is 7.12. The van der Waals surface area contributed by atoms with Crippen LogP contribution < -0.4 is 10.6 Å². The van der Waals surface area contributed by atoms with Gasteiger partial charge in [0, 0.05) is 41.3 Å². The zero-order chi connectivity index (χ0) is 20.6. The Morgan fingerprint density at radius 2 is 2.00 bits per heavy atom. The lowest BCUT2D eigenvalue weighted by atomic mass is 10.1. The van der Waals surface area contributed by atoms with Crippen molar-refractivity contribution in [3.05, 3.63) is 77.9 Å². The van der Waals surface area contributed by atoms with Gasteiger partial charge in [-0.25, -0.2) is 9.78 Å². The van der Waals surface area contributed by atoms with E-state index in [9.17, 15) is 4.79 Å². The summed E-state index contributed by atoms with van der Waals surface area (Å²) in [5, 5.41) is 6.52. The predicted octanol–water partition coefficient (Wildman–Crippen LogP) is 5.45. The van der Waals surface area contributed by atoms with Gasteiger partial charge in [0.1, 0.15) is 0 Å². The summed E-state index contributed by atoms with van der Waals surface area (Å²) in [7, 11) is 0. The van der Waals surface area contributed by atoms with Crippen molar-refractivity contribution < 1.29 is 4.79 Å². The Balaban J connectivity index is 1.58. The number of aromatic nitrogens is 2. The molecule has 2 amide bonds. The Kier molecular flexibility index (Phi) is 7.36. The minimum absolute atomic E-state index is 0.201. The molecule has 152 valence electrons. The predicted molar refractivity (Wildman–Crippen MR) is 120 cm³/mol. The first-order chi connectivity index (χ1) is 14.0. The van der Waals surface area contributed by atoms with E-state index < -0.39 is 0 Å². The summed E-state index contributed by atoms with van der Waals surface area (Å²) in [6.45, 7) is 7.64. The van der Waals surface area contributed by atoms with Gasteiger partial charge in [0.15, 0.2) is 0 Å². The summed E-state index contributed by atoms with van der Waals surface area (Å²) >= 11 is 1.86. The highest BCUT2D eigenvalue weighted by molar-refractivity contribution is 7.99. The van der Waals surface area contributed by atoms with Gasteiger partial charge in [0.25, 0.3) is 0 Å². The molecule has 1 atom stereocenters. The number of imidazole rings is 1. The SMILES string of the molecule is CCC(C)Sc1ccc(NC(=O)NCc2ccccc2Cn2ccnc2)c(C)c1. The van der Waals surface area contributed by atoms with Crippen LogP contribution in [0.5, 0.6) is 0 Å². The molecule has 5 nitrogen and oxygen atoms in total. The molecule has 0 saturated heterocycles. The highest BCUT2D eigenvalue weighted by Gasteiger charge is 2.09. The van der Waals surface area contributed by atoms with Crippen LogP contribution in [-0.4, -0.2) is 20.8 Å². The van der Waals surface area contributed by atoms with E-state index in [-0.39, 0.29) is 6.03 Å². The smallest absolute Gasteiger partial charge is 0.319 e. The molecule has 0 aliphatic rings. The topological polar surface area (TPSA) is 59.0 Å². The number of hydrogen-bond acceptors (Lipinski definition) is 3. The maximum absolute atomic E-state index is 12.4. The summed E-state index contributed by atoms with van der Waals surface area (Å²) in [5.74, 6) is 0. The van der Waals surface area contributed by atoms with E-state index in [0.717, 1.165) is 35.3 Å². The molecule has 3 aromatic rings. The maximum Gasteiger partial charge on any atom is 0.319 e. The van der Waals surface area contributed by atoms with E-state index in [1.165, 1.54) is 4.90 Å². The molecule has 0 saturated carbocycles. The molecule has 0 bridgehead atoms. The molecule has 0 radical (unpaired) electrons. The molecular weight excluding hydrogens is 380 g/mol. The van der Waals surface area contributed by atoms with Crippen molar-refractivity contribution >= 4 is 23.5 Å². The first-order valence-corrected chi connectivity index (χ1v) is 10.8. The normalized spacial score (nSPS) is 11.8. The fourth-order valence-corrected chi connectivity index (χ4v) is 3.99. The molecule has 0 spiro atoms. The molecular formula is C23H28N4OS. The van der Waals surface area contributed by atoms with Crippen molar-refractivity contribution in [1.82, 2.24) is 14.9 Å². The van der Waals surface area contributed by atoms with Crippen LogP contribution in [-0.2, 0) is 13.1 Å². The summed E-state index contributed by atoms with van der Waals surface area (Å²) in [6, 6.07) is 14.1. The average molecular weight is 409 g/mol. The van der Waals surface area contributed by atoms with Crippen LogP contribution in [0, 0.1) is 6.92 Å². The summed E-state index contributed by atoms with van der Waals surface area (Å²) in [4.78, 5) is 17.8. The van der Waals surface area contributed by atoms with E-state index in [2.05, 4.69) is 47.7 Å². The molecule has 3 rings (SSSR count). The Hall–Kier alpha value is -2.73. The van der Waals surface area contributed by atoms with Crippen molar-refractivity contribution in [1.29, 1.82) is 0 Å². The van der Waals surface area contributed by atoms with Gasteiger partial charge >= 0.3 is 6.03 Å². The van der Waals surface area contributed by atoms with Crippen LogP contribution in [0.3, 0.4) is 0 Å². The van der Waals surface area contributed by atoms with E-state index >= 15 is 0 Å². The summed E-state index contributed by atoms with van der Waals surface area (Å²) in [5.41, 5.74) is 4.15. The van der Waals surface area contributed by atoms with Crippen LogP contribution in [0.2, 0.25) is 0 Å². The van der Waals surface area contributed by atoms with Gasteiger partial charge in [0.2, 0.25) is 0 Å². The lowest BCUT2D eigenvalue weighted by molar-refractivity contribution is 0.251. The molecule has 29 heavy (non-hydrogen) atoms. The maximum atomic E-state index is 12.4. The Labute approximate surface area is 176 Å². The highest BCUT2D eigenvalue weighted by Crippen LogP contribution is 2.28. The standard InChI is InChI=1S/C23H28N4OS/c1-4-18(3)29-21-9-10-22(17(2)13-21)26-23(28)25-14-19-7-5-6-8-20(19)15-27-12-11-24-16-27/h5-13,16,18H,4,14-15H2,1-3H3,(H2,25,26,28). The van der Waals surface area contributed by atoms with Crippen molar-refractivity contribution in [2.75, 3.05) is 5.32 Å². The zero-order valence-electron chi connectivity index (χ0n) is 17.2. The first kappa shape index (κ1) is 21.0. The van der Waals surface area contributed by atoms with Crippen molar-refractivity contribution in [2.45, 2.75) is 50.4 Å². The van der Waals surface area contributed by atoms with Crippen LogP contribution >= 0.6 is 11.8 Å². The molecule has 6 heteroatoms. The van der Waals surface area contributed by atoms with Gasteiger partial charge in [-0.3, -0.25) is 0 Å². The highest BCUT2D eigenvalue weighted by atomic mass is 32.2. The van der Waals surface area contributed by atoms with E-state index in [4.69, 9.17) is 0 Å². The first-order valence-electron chi connectivity index (χ1n) is 9.90. The number of rotatable bonds is 8. The minimum Gasteiger partial charge on any atom is -0.334 e. The van der Waals surface area contributed by atoms with Crippen molar-refractivity contribution in [2.24, 2.45) is 0 Å². The number of urea groups is 1. The average Bonchev–Trinajstić information content (AvgIpc) is 3.22. The largest absolute Gasteiger partial charge is 0.334 e. The lowest BCUT2D eigenvalue weighted by Gasteiger charge is -2.14. The Bertz CT molecular complexity index is 940. The number of amides is 2. The van der Waals surface area contributed by atoms with E-state index in [0.29, 0.717) is 11.8 Å². The van der Waals surface area contributed by atoms with Crippen LogP contribution in [0.25, 0.3) is 0 Å². The Morgan fingerprint density at radius 3 is 2.69 bits per heavy atom. The number of hydrogen-bond donors (Lipinski definition) is 2. The number of thioether (sulfide) groups is 1. The third-order valence-corrected chi connectivity index (χ3v) is 6.09. The molecule has 0 fully saturated rings. The Morgan fingerprint density at radius 1 is 1.21 bits per heavy atom. The number of carbonyl (C=O) groups is 1. The van der Waals surface area contributed by atoms with Crippen molar-refractivity contribution in [3.8, 4) is 0 Å². The number of nitrogens with zero attached hydrogens (tertiary/aromatic N) is 2. The van der Waals surface area contributed by atoms with Crippen LogP contribution in [0.4, 0.5) is 10.5 Å². The minimum atomic E-state index is -0.201. The van der Waals surface area contributed by atoms with E-state index in [1.807, 2.05) is 53.7 Å². The number of nitrogens with one attached hydrogen (secondary N) is 2. The second kappa shape index (κ2) is 10.2. The summed E-state index contributed by atoms with van der Waals surface area (Å²) in [6.07, 6.45) is 6.63. The number of anilines is 1. The molecule has 0 aliphatic carbocycles. The molecule has 1 aromatic heterocycles. The van der Waals surface area contributed by atoms with Crippen LogP contribution in [0.1, 0.15) is 37.0 Å². The molecule has 2 N–H and O–H groups in total. The fourth-order valence-electron chi connectivity index (χ4n) is 2.97. The van der Waals surface area contributed by atoms with E-state index in [1.54, 1.807) is 12.5 Å². The monoisotopic (exact) mass is 408 g/mol. The molecule has 2 aromatic carbocycles. The summed E-state index contributed by atoms with van der Waals surface area (Å²) < 4.78 is 2.02. The molecule has 1 unspecified atom stereocenters. The van der Waals surface area contributed by atoms with Gasteiger partial charge in [0.05, 0.1) is 6.33 Å². The number of aryl methyl sites for hydroxylation is 1. The van der Waals surface area contributed by atoms with Gasteiger partial charge in [-0.1, -0.05) is 38.1 Å². The van der Waals surface area contributed by atoms with Gasteiger partial charge in [-0.2, -0.15) is 0 Å². The van der Waals surface area contributed by atoms with Gasteiger partial charge < -0.3 is 15.2 Å².